The van der Waals surface area contributed by atoms with Crippen molar-refractivity contribution in [1.82, 2.24) is 14.9 Å². The number of rotatable bonds is 4. The van der Waals surface area contributed by atoms with E-state index in [-0.39, 0.29) is 5.91 Å². The molecule has 2 heterocycles. The molecule has 7 heteroatoms. The zero-order valence-corrected chi connectivity index (χ0v) is 15.5. The molecule has 130 valence electrons. The summed E-state index contributed by atoms with van der Waals surface area (Å²) in [6, 6.07) is 10.1. The number of carbonyl (C=O) groups is 1. The fourth-order valence-corrected chi connectivity index (χ4v) is 2.87. The molecule has 0 aliphatic carbocycles. The topological polar surface area (TPSA) is 58.6 Å². The number of hydrogen-bond acceptors (Lipinski definition) is 5. The van der Waals surface area contributed by atoms with E-state index in [2.05, 4.69) is 30.8 Å². The predicted molar refractivity (Wildman–Crippen MR) is 101 cm³/mol. The van der Waals surface area contributed by atoms with Crippen molar-refractivity contribution in [3.63, 3.8) is 0 Å². The monoisotopic (exact) mass is 402 g/mol. The van der Waals surface area contributed by atoms with E-state index in [9.17, 15) is 4.79 Å². The molecule has 25 heavy (non-hydrogen) atoms. The number of carbonyl (C=O) groups excluding carboxylic acids is 1. The Labute approximate surface area is 155 Å². The van der Waals surface area contributed by atoms with Crippen molar-refractivity contribution in [2.45, 2.75) is 0 Å². The van der Waals surface area contributed by atoms with Crippen molar-refractivity contribution in [2.75, 3.05) is 38.2 Å². The highest BCUT2D eigenvalue weighted by Gasteiger charge is 2.20. The van der Waals surface area contributed by atoms with Crippen LogP contribution in [0.2, 0.25) is 0 Å². The number of amides is 1. The molecule has 6 nitrogen and oxygen atoms in total. The summed E-state index contributed by atoms with van der Waals surface area (Å²) in [6.07, 6.45) is 5.16. The smallest absolute Gasteiger partial charge is 0.318 e. The zero-order valence-electron chi connectivity index (χ0n) is 13.9. The first kappa shape index (κ1) is 17.4. The highest BCUT2D eigenvalue weighted by atomic mass is 79.9. The third kappa shape index (κ3) is 4.57. The van der Waals surface area contributed by atoms with E-state index in [1.165, 1.54) is 0 Å². The lowest BCUT2D eigenvalue weighted by Gasteiger charge is -2.34. The Hall–Kier alpha value is -2.41. The van der Waals surface area contributed by atoms with Gasteiger partial charge < -0.3 is 14.5 Å². The van der Waals surface area contributed by atoms with Gasteiger partial charge in [-0.15, -0.1) is 0 Å². The minimum Gasteiger partial charge on any atom is -0.467 e. The van der Waals surface area contributed by atoms with E-state index >= 15 is 0 Å². The molecular formula is C18H19BrN4O2. The Morgan fingerprint density at radius 3 is 2.56 bits per heavy atom. The van der Waals surface area contributed by atoms with Crippen molar-refractivity contribution in [3.8, 4) is 6.01 Å². The Morgan fingerprint density at radius 2 is 1.88 bits per heavy atom. The molecule has 0 radical (unpaired) electrons. The molecule has 0 bridgehead atoms. The second-order valence-electron chi connectivity index (χ2n) is 5.60. The van der Waals surface area contributed by atoms with Gasteiger partial charge in [0.25, 0.3) is 0 Å². The van der Waals surface area contributed by atoms with Crippen LogP contribution in [0.5, 0.6) is 6.01 Å². The summed E-state index contributed by atoms with van der Waals surface area (Å²) in [5.74, 6) is 0.854. The molecule has 0 N–H and O–H groups in total. The largest absolute Gasteiger partial charge is 0.467 e. The van der Waals surface area contributed by atoms with Crippen molar-refractivity contribution >= 4 is 33.7 Å². The molecule has 1 aliphatic rings. The van der Waals surface area contributed by atoms with Gasteiger partial charge in [0.2, 0.25) is 5.91 Å². The summed E-state index contributed by atoms with van der Waals surface area (Å²) in [5.41, 5.74) is 1.00. The molecule has 2 aromatic rings. The summed E-state index contributed by atoms with van der Waals surface area (Å²) in [6.45, 7) is 2.79. The van der Waals surface area contributed by atoms with Gasteiger partial charge in [-0.1, -0.05) is 28.1 Å². The molecule has 1 saturated heterocycles. The van der Waals surface area contributed by atoms with Crippen molar-refractivity contribution in [2.24, 2.45) is 0 Å². The number of aromatic nitrogens is 2. The summed E-state index contributed by atoms with van der Waals surface area (Å²) in [4.78, 5) is 24.7. The molecule has 0 atom stereocenters. The van der Waals surface area contributed by atoms with Crippen molar-refractivity contribution in [3.05, 3.63) is 52.6 Å². The van der Waals surface area contributed by atoms with Gasteiger partial charge in [-0.3, -0.25) is 4.79 Å². The molecule has 1 aliphatic heterocycles. The lowest BCUT2D eigenvalue weighted by molar-refractivity contribution is -0.126. The number of anilines is 1. The van der Waals surface area contributed by atoms with E-state index < -0.39 is 0 Å². The van der Waals surface area contributed by atoms with Crippen LogP contribution in [0.1, 0.15) is 5.56 Å². The quantitative estimate of drug-likeness (QED) is 0.735. The molecular weight excluding hydrogens is 384 g/mol. The number of methoxy groups -OCH3 is 1. The van der Waals surface area contributed by atoms with Crippen LogP contribution < -0.4 is 9.64 Å². The second kappa shape index (κ2) is 8.11. The van der Waals surface area contributed by atoms with Crippen LogP contribution >= 0.6 is 15.9 Å². The number of benzene rings is 1. The summed E-state index contributed by atoms with van der Waals surface area (Å²) < 4.78 is 6.08. The Morgan fingerprint density at radius 1 is 1.16 bits per heavy atom. The Bertz CT molecular complexity index is 756. The average molecular weight is 403 g/mol. The third-order valence-electron chi connectivity index (χ3n) is 4.01. The SMILES string of the molecule is COc1nccc(N2CCN(C(=O)/C=C/c3ccc(Br)cc3)CC2)n1. The number of nitrogens with zero attached hydrogens (tertiary/aromatic N) is 4. The van der Waals surface area contributed by atoms with Crippen LogP contribution in [0.3, 0.4) is 0 Å². The third-order valence-corrected chi connectivity index (χ3v) is 4.53. The van der Waals surface area contributed by atoms with Gasteiger partial charge in [-0.2, -0.15) is 4.98 Å². The van der Waals surface area contributed by atoms with Gasteiger partial charge in [0, 0.05) is 42.9 Å². The van der Waals surface area contributed by atoms with E-state index in [0.717, 1.165) is 28.9 Å². The fourth-order valence-electron chi connectivity index (χ4n) is 2.61. The number of hydrogen-bond donors (Lipinski definition) is 0. The van der Waals surface area contributed by atoms with E-state index in [1.807, 2.05) is 41.3 Å². The number of ether oxygens (including phenoxy) is 1. The summed E-state index contributed by atoms with van der Waals surface area (Å²) in [5, 5.41) is 0. The van der Waals surface area contributed by atoms with Crippen molar-refractivity contribution < 1.29 is 9.53 Å². The van der Waals surface area contributed by atoms with Gasteiger partial charge >= 0.3 is 6.01 Å². The van der Waals surface area contributed by atoms with Crippen LogP contribution in [0, 0.1) is 0 Å². The van der Waals surface area contributed by atoms with Gasteiger partial charge in [-0.25, -0.2) is 4.98 Å². The maximum absolute atomic E-state index is 12.3. The highest BCUT2D eigenvalue weighted by Crippen LogP contribution is 2.16. The molecule has 1 aromatic heterocycles. The van der Waals surface area contributed by atoms with Crippen LogP contribution in [-0.4, -0.2) is 54.1 Å². The van der Waals surface area contributed by atoms with Gasteiger partial charge in [0.05, 0.1) is 7.11 Å². The number of halogens is 1. The lowest BCUT2D eigenvalue weighted by Crippen LogP contribution is -2.48. The standard InChI is InChI=1S/C18H19BrN4O2/c1-25-18-20-9-8-16(21-18)22-10-12-23(13-11-22)17(24)7-4-14-2-5-15(19)6-3-14/h2-9H,10-13H2,1H3/b7-4+. The van der Waals surface area contributed by atoms with E-state index in [1.54, 1.807) is 19.4 Å². The second-order valence-corrected chi connectivity index (χ2v) is 6.51. The number of piperazine rings is 1. The first-order chi connectivity index (χ1) is 12.2. The van der Waals surface area contributed by atoms with Gasteiger partial charge in [0.15, 0.2) is 0 Å². The van der Waals surface area contributed by atoms with Gasteiger partial charge in [-0.05, 0) is 29.8 Å². The van der Waals surface area contributed by atoms with E-state index in [0.29, 0.717) is 19.1 Å². The average Bonchev–Trinajstić information content (AvgIpc) is 2.67. The molecule has 0 unspecified atom stereocenters. The summed E-state index contributed by atoms with van der Waals surface area (Å²) in [7, 11) is 1.55. The van der Waals surface area contributed by atoms with Gasteiger partial charge in [0.1, 0.15) is 5.82 Å². The molecule has 0 saturated carbocycles. The summed E-state index contributed by atoms with van der Waals surface area (Å²) >= 11 is 3.40. The maximum atomic E-state index is 12.3. The molecule has 1 fully saturated rings. The lowest BCUT2D eigenvalue weighted by atomic mass is 10.2. The van der Waals surface area contributed by atoms with Crippen LogP contribution in [0.15, 0.2) is 47.1 Å². The van der Waals surface area contributed by atoms with Crippen LogP contribution in [-0.2, 0) is 4.79 Å². The first-order valence-electron chi connectivity index (χ1n) is 8.00. The van der Waals surface area contributed by atoms with Crippen molar-refractivity contribution in [1.29, 1.82) is 0 Å². The molecule has 1 aromatic carbocycles. The minimum absolute atomic E-state index is 0.0304. The first-order valence-corrected chi connectivity index (χ1v) is 8.79. The highest BCUT2D eigenvalue weighted by molar-refractivity contribution is 9.10. The van der Waals surface area contributed by atoms with Crippen LogP contribution in [0.4, 0.5) is 5.82 Å². The molecule has 3 rings (SSSR count). The Kier molecular flexibility index (Phi) is 5.65. The Balaban J connectivity index is 1.56. The predicted octanol–water partition coefficient (Wildman–Crippen LogP) is 2.61. The molecule has 0 spiro atoms. The van der Waals surface area contributed by atoms with E-state index in [4.69, 9.17) is 4.74 Å². The maximum Gasteiger partial charge on any atom is 0.318 e. The molecule has 1 amide bonds. The fraction of sp³-hybridized carbons (Fsp3) is 0.278. The zero-order chi connectivity index (χ0) is 17.6. The van der Waals surface area contributed by atoms with Crippen LogP contribution in [0.25, 0.3) is 6.08 Å². The minimum atomic E-state index is 0.0304. The normalized spacial score (nSPS) is 14.8.